The minimum absolute atomic E-state index is 0.00626. The number of aliphatic hydroxyl groups is 4. The first-order chi connectivity index (χ1) is 31.0. The zero-order chi connectivity index (χ0) is 50.3. The molecular formula is C37H65N13O15S. The number of aliphatic carboxylic acids is 1. The Morgan fingerprint density at radius 1 is 0.712 bits per heavy atom. The van der Waals surface area contributed by atoms with E-state index in [0.717, 1.165) is 13.8 Å². The van der Waals surface area contributed by atoms with E-state index in [-0.39, 0.29) is 44.7 Å². The third-order valence-electron chi connectivity index (χ3n) is 9.73. The summed E-state index contributed by atoms with van der Waals surface area (Å²) in [5.74, 6) is -9.57. The molecule has 0 aromatic carbocycles. The Hall–Kier alpha value is -5.88. The van der Waals surface area contributed by atoms with Gasteiger partial charge in [-0.05, 0) is 64.9 Å². The van der Waals surface area contributed by atoms with Crippen molar-refractivity contribution in [2.75, 3.05) is 51.4 Å². The molecule has 374 valence electrons. The first-order valence-corrected chi connectivity index (χ1v) is 22.1. The zero-order valence-electron chi connectivity index (χ0n) is 37.1. The van der Waals surface area contributed by atoms with E-state index in [9.17, 15) is 73.5 Å². The van der Waals surface area contributed by atoms with Crippen molar-refractivity contribution in [3.05, 3.63) is 0 Å². The first-order valence-electron chi connectivity index (χ1n) is 20.8. The first kappa shape index (κ1) is 58.1. The number of guanidine groups is 1. The third-order valence-corrected chi connectivity index (χ3v) is 10.4. The molecule has 10 atom stereocenters. The molecule has 0 aromatic rings. The summed E-state index contributed by atoms with van der Waals surface area (Å²) in [5.41, 5.74) is 16.3. The fraction of sp³-hybridized carbons (Fsp3) is 0.703. The predicted octanol–water partition coefficient (Wildman–Crippen LogP) is -8.90. The van der Waals surface area contributed by atoms with Crippen molar-refractivity contribution in [1.29, 1.82) is 0 Å². The second kappa shape index (κ2) is 29.6. The summed E-state index contributed by atoms with van der Waals surface area (Å²) < 4.78 is 0. The highest BCUT2D eigenvalue weighted by Gasteiger charge is 2.37. The fourth-order valence-electron chi connectivity index (χ4n) is 6.10. The number of amides is 9. The third kappa shape index (κ3) is 20.1. The van der Waals surface area contributed by atoms with Crippen LogP contribution in [0.1, 0.15) is 52.9 Å². The summed E-state index contributed by atoms with van der Waals surface area (Å²) in [6.07, 6.45) is -0.526. The van der Waals surface area contributed by atoms with Gasteiger partial charge in [-0.1, -0.05) is 0 Å². The van der Waals surface area contributed by atoms with Crippen LogP contribution < -0.4 is 59.7 Å². The van der Waals surface area contributed by atoms with Crippen LogP contribution >= 0.6 is 11.8 Å². The molecule has 28 nitrogen and oxygen atoms in total. The summed E-state index contributed by atoms with van der Waals surface area (Å²) in [6.45, 7) is 0.737. The van der Waals surface area contributed by atoms with Crippen LogP contribution in [0.4, 0.5) is 0 Å². The van der Waals surface area contributed by atoms with Crippen LogP contribution in [0.3, 0.4) is 0 Å². The number of hydrogen-bond donors (Lipinski definition) is 16. The van der Waals surface area contributed by atoms with E-state index in [2.05, 4.69) is 42.2 Å². The number of carboxylic acid groups (broad SMARTS) is 1. The van der Waals surface area contributed by atoms with Gasteiger partial charge in [0.2, 0.25) is 53.2 Å². The van der Waals surface area contributed by atoms with E-state index in [4.69, 9.17) is 17.2 Å². The molecule has 0 bridgehead atoms. The number of nitrogens with zero attached hydrogens (tertiary/aromatic N) is 2. The van der Waals surface area contributed by atoms with E-state index in [1.165, 1.54) is 23.6 Å². The van der Waals surface area contributed by atoms with Crippen LogP contribution in [-0.4, -0.2) is 207 Å². The van der Waals surface area contributed by atoms with E-state index in [1.54, 1.807) is 6.26 Å². The number of aliphatic imine (C=N–C) groups is 1. The molecule has 0 saturated carbocycles. The molecule has 66 heavy (non-hydrogen) atoms. The normalized spacial score (nSPS) is 17.3. The Balaban J connectivity index is 2.91. The maximum atomic E-state index is 13.3. The highest BCUT2D eigenvalue weighted by molar-refractivity contribution is 7.98. The molecule has 29 heteroatoms. The smallest absolute Gasteiger partial charge is 0.328 e. The number of thioether (sulfide) groups is 1. The highest BCUT2D eigenvalue weighted by Crippen LogP contribution is 2.18. The number of carbonyl (C=O) groups excluding carboxylic acids is 9. The molecule has 9 amide bonds. The molecule has 1 aliphatic heterocycles. The molecule has 1 rings (SSSR count). The SMILES string of the molecule is CSCC[C@H](NC(=O)CNC(=O)[C@H](CO)NC(=O)[C@H](C)NC(=O)[C@H](CCCN=C(N)N)NC(=O)CNC(=O)[C@@H]1CCCN1C(=O)[C@@H](N)CO)C(=O)N[C@H](C(=O)N[C@H](C(=O)O)[C@@H](C)O)[C@@H](C)O. The van der Waals surface area contributed by atoms with Gasteiger partial charge in [-0.15, -0.1) is 0 Å². The van der Waals surface area contributed by atoms with Gasteiger partial charge in [-0.2, -0.15) is 11.8 Å². The Bertz CT molecular complexity index is 1740. The number of carbonyl (C=O) groups is 10. The van der Waals surface area contributed by atoms with Gasteiger partial charge < -0.3 is 90.2 Å². The molecule has 1 heterocycles. The molecule has 0 aliphatic carbocycles. The van der Waals surface area contributed by atoms with Gasteiger partial charge in [-0.3, -0.25) is 48.1 Å². The van der Waals surface area contributed by atoms with Crippen molar-refractivity contribution in [3.63, 3.8) is 0 Å². The van der Waals surface area contributed by atoms with Gasteiger partial charge >= 0.3 is 5.97 Å². The Kier molecular flexibility index (Phi) is 26.1. The lowest BCUT2D eigenvalue weighted by Crippen LogP contribution is -2.60. The number of nitrogens with one attached hydrogen (secondary N) is 8. The molecule has 0 spiro atoms. The van der Waals surface area contributed by atoms with Crippen LogP contribution in [-0.2, 0) is 47.9 Å². The fourth-order valence-corrected chi connectivity index (χ4v) is 6.57. The van der Waals surface area contributed by atoms with Crippen LogP contribution in [0.25, 0.3) is 0 Å². The number of likely N-dealkylation sites (tertiary alicyclic amines) is 1. The molecule has 19 N–H and O–H groups in total. The van der Waals surface area contributed by atoms with Crippen LogP contribution in [0.2, 0.25) is 0 Å². The summed E-state index contributed by atoms with van der Waals surface area (Å²) in [7, 11) is 0. The topological polar surface area (TPSA) is 462 Å². The van der Waals surface area contributed by atoms with Crippen molar-refractivity contribution in [1.82, 2.24) is 47.4 Å². The molecule has 1 aliphatic rings. The largest absolute Gasteiger partial charge is 0.480 e. The van der Waals surface area contributed by atoms with Crippen molar-refractivity contribution in [3.8, 4) is 0 Å². The average molecular weight is 964 g/mol. The summed E-state index contributed by atoms with van der Waals surface area (Å²) in [6, 6.07) is -11.3. The monoisotopic (exact) mass is 963 g/mol. The summed E-state index contributed by atoms with van der Waals surface area (Å²) >= 11 is 1.29. The summed E-state index contributed by atoms with van der Waals surface area (Å²) in [4.78, 5) is 133. The van der Waals surface area contributed by atoms with E-state index in [0.29, 0.717) is 12.2 Å². The Labute approximate surface area is 384 Å². The van der Waals surface area contributed by atoms with Crippen LogP contribution in [0.15, 0.2) is 4.99 Å². The number of rotatable bonds is 29. The summed E-state index contributed by atoms with van der Waals surface area (Å²) in [5, 5.41) is 66.6. The molecule has 0 radical (unpaired) electrons. The van der Waals surface area contributed by atoms with Gasteiger partial charge in [0.1, 0.15) is 42.3 Å². The Morgan fingerprint density at radius 3 is 1.80 bits per heavy atom. The van der Waals surface area contributed by atoms with Crippen molar-refractivity contribution < 1.29 is 73.5 Å². The second-order valence-corrected chi connectivity index (χ2v) is 16.1. The lowest BCUT2D eigenvalue weighted by Gasteiger charge is -2.26. The number of aliphatic hydroxyl groups excluding tert-OH is 4. The maximum Gasteiger partial charge on any atom is 0.328 e. The molecular weight excluding hydrogens is 899 g/mol. The number of nitrogens with two attached hydrogens (primary N) is 3. The number of hydrogen-bond acceptors (Lipinski definition) is 17. The number of carboxylic acids is 1. The Morgan fingerprint density at radius 2 is 1.27 bits per heavy atom. The predicted molar refractivity (Wildman–Crippen MR) is 234 cm³/mol. The van der Waals surface area contributed by atoms with E-state index in [1.807, 2.05) is 5.32 Å². The van der Waals surface area contributed by atoms with Crippen molar-refractivity contribution in [2.24, 2.45) is 22.2 Å². The van der Waals surface area contributed by atoms with Crippen molar-refractivity contribution in [2.45, 2.75) is 113 Å². The minimum Gasteiger partial charge on any atom is -0.480 e. The van der Waals surface area contributed by atoms with Gasteiger partial charge in [0.25, 0.3) is 0 Å². The van der Waals surface area contributed by atoms with Gasteiger partial charge in [0, 0.05) is 13.1 Å². The lowest BCUT2D eigenvalue weighted by molar-refractivity contribution is -0.146. The highest BCUT2D eigenvalue weighted by atomic mass is 32.2. The van der Waals surface area contributed by atoms with Gasteiger partial charge in [0.05, 0.1) is 38.5 Å². The van der Waals surface area contributed by atoms with Crippen molar-refractivity contribution >= 4 is 76.9 Å². The van der Waals surface area contributed by atoms with Gasteiger partial charge in [-0.25, -0.2) is 4.79 Å². The second-order valence-electron chi connectivity index (χ2n) is 15.2. The zero-order valence-corrected chi connectivity index (χ0v) is 37.9. The molecule has 1 saturated heterocycles. The van der Waals surface area contributed by atoms with E-state index >= 15 is 0 Å². The molecule has 1 fully saturated rings. The molecule has 0 unspecified atom stereocenters. The molecule has 0 aromatic heterocycles. The maximum absolute atomic E-state index is 13.3. The average Bonchev–Trinajstić information content (AvgIpc) is 3.76. The standard InChI is InChI=1S/C37H65N13O15S/c1-17(44-31(59)21(7-5-10-41-37(39)40)45-26(56)14-43-33(61)24-8-6-11-50(24)35(63)20(38)15-51)29(57)47-23(16-52)30(58)42-13-25(55)46-22(9-12-66-4)32(60)48-27(18(2)53)34(62)49-28(19(3)54)36(64)65/h17-24,27-28,51-54H,5-16,38H2,1-4H3,(H,42,58)(H,43,61)(H,44,59)(H,45,56)(H,46,55)(H,47,57)(H,48,60)(H,49,62)(H,64,65)(H4,39,40,41)/t17-,18+,19+,20-,21-,22-,23-,24-,27-,28-/m0/s1. The minimum atomic E-state index is -1.77. The van der Waals surface area contributed by atoms with Crippen LogP contribution in [0.5, 0.6) is 0 Å². The lowest BCUT2D eigenvalue weighted by atomic mass is 10.1. The van der Waals surface area contributed by atoms with E-state index < -0.39 is 146 Å². The quantitative estimate of drug-likeness (QED) is 0.0188. The van der Waals surface area contributed by atoms with Crippen LogP contribution in [0, 0.1) is 0 Å². The van der Waals surface area contributed by atoms with Gasteiger partial charge in [0.15, 0.2) is 12.0 Å².